The summed E-state index contributed by atoms with van der Waals surface area (Å²) in [6.45, 7) is 5.21. The first-order valence-corrected chi connectivity index (χ1v) is 6.57. The van der Waals surface area contributed by atoms with Crippen LogP contribution in [0.1, 0.15) is 45.4 Å². The summed E-state index contributed by atoms with van der Waals surface area (Å²) >= 11 is 0. The van der Waals surface area contributed by atoms with Crippen LogP contribution in [-0.4, -0.2) is 33.0 Å². The lowest BCUT2D eigenvalue weighted by atomic mass is 9.50. The first-order valence-electron chi connectivity index (χ1n) is 6.57. The van der Waals surface area contributed by atoms with Crippen molar-refractivity contribution < 1.29 is 19.7 Å². The highest BCUT2D eigenvalue weighted by Crippen LogP contribution is 2.60. The van der Waals surface area contributed by atoms with Crippen molar-refractivity contribution in [1.82, 2.24) is 0 Å². The first-order chi connectivity index (χ1) is 8.23. The summed E-state index contributed by atoms with van der Waals surface area (Å²) in [7, 11) is 0. The van der Waals surface area contributed by atoms with Gasteiger partial charge >= 0.3 is 5.97 Å². The average molecular weight is 252 g/mol. The molecule has 0 aromatic rings. The summed E-state index contributed by atoms with van der Waals surface area (Å²) in [6, 6.07) is 0. The van der Waals surface area contributed by atoms with Crippen molar-refractivity contribution in [2.75, 3.05) is 0 Å². The molecule has 4 aliphatic carbocycles. The van der Waals surface area contributed by atoms with E-state index in [2.05, 4.69) is 6.58 Å². The maximum Gasteiger partial charge on any atom is 0.333 e. The van der Waals surface area contributed by atoms with Crippen molar-refractivity contribution in [2.45, 2.75) is 62.3 Å². The molecule has 0 aromatic carbocycles. The number of esters is 1. The number of aliphatic hydroxyl groups is 2. The molecular formula is C14H20O4. The lowest BCUT2D eigenvalue weighted by Gasteiger charge is -2.62. The fourth-order valence-electron chi connectivity index (χ4n) is 4.65. The highest BCUT2D eigenvalue weighted by Gasteiger charge is 2.64. The van der Waals surface area contributed by atoms with E-state index in [1.807, 2.05) is 0 Å². The molecule has 0 saturated heterocycles. The van der Waals surface area contributed by atoms with Crippen LogP contribution in [0.15, 0.2) is 12.2 Å². The van der Waals surface area contributed by atoms with Crippen LogP contribution in [0.3, 0.4) is 0 Å². The van der Waals surface area contributed by atoms with E-state index in [0.29, 0.717) is 24.8 Å². The topological polar surface area (TPSA) is 66.8 Å². The summed E-state index contributed by atoms with van der Waals surface area (Å²) in [4.78, 5) is 11.8. The van der Waals surface area contributed by atoms with E-state index in [-0.39, 0.29) is 5.92 Å². The SMILES string of the molecule is C=C(C)C(=O)OC12CC3CC(O)(C1)C[C@@](O)(C3)C2. The van der Waals surface area contributed by atoms with Crippen molar-refractivity contribution in [3.63, 3.8) is 0 Å². The predicted octanol–water partition coefficient (Wildman–Crippen LogP) is 1.30. The molecule has 18 heavy (non-hydrogen) atoms. The molecule has 100 valence electrons. The fourth-order valence-corrected chi connectivity index (χ4v) is 4.65. The minimum Gasteiger partial charge on any atom is -0.455 e. The molecule has 2 N–H and O–H groups in total. The molecule has 4 fully saturated rings. The summed E-state index contributed by atoms with van der Waals surface area (Å²) in [5.41, 5.74) is -2.03. The summed E-state index contributed by atoms with van der Waals surface area (Å²) in [5.74, 6) is -0.154. The Hall–Kier alpha value is -0.870. The van der Waals surface area contributed by atoms with Crippen LogP contribution in [0, 0.1) is 5.92 Å². The Labute approximate surface area is 107 Å². The van der Waals surface area contributed by atoms with Gasteiger partial charge in [0.25, 0.3) is 0 Å². The standard InChI is InChI=1S/C14H20O4/c1-9(2)11(15)18-14-5-10-3-12(16,7-14)6-13(17,4-10)8-14/h10,16-17H,1,3-8H2,2H3/t10?,12-,13?,14?/m0/s1. The largest absolute Gasteiger partial charge is 0.455 e. The molecule has 4 atom stereocenters. The molecule has 4 heteroatoms. The molecule has 0 spiro atoms. The highest BCUT2D eigenvalue weighted by atomic mass is 16.6. The van der Waals surface area contributed by atoms with Crippen LogP contribution in [0.4, 0.5) is 0 Å². The van der Waals surface area contributed by atoms with Crippen LogP contribution < -0.4 is 0 Å². The van der Waals surface area contributed by atoms with E-state index in [0.717, 1.165) is 19.3 Å². The maximum atomic E-state index is 11.8. The second-order valence-corrected chi connectivity index (χ2v) is 6.81. The quantitative estimate of drug-likeness (QED) is 0.574. The van der Waals surface area contributed by atoms with Crippen LogP contribution >= 0.6 is 0 Å². The fraction of sp³-hybridized carbons (Fsp3) is 0.786. The van der Waals surface area contributed by atoms with E-state index >= 15 is 0 Å². The van der Waals surface area contributed by atoms with Gasteiger partial charge in [0.05, 0.1) is 11.2 Å². The number of carbonyl (C=O) groups is 1. The normalized spacial score (nSPS) is 49.2. The smallest absolute Gasteiger partial charge is 0.333 e. The lowest BCUT2D eigenvalue weighted by Crippen LogP contribution is -2.66. The van der Waals surface area contributed by atoms with Crippen LogP contribution in [-0.2, 0) is 9.53 Å². The molecule has 3 unspecified atom stereocenters. The van der Waals surface area contributed by atoms with Gasteiger partial charge in [-0.1, -0.05) is 6.58 Å². The van der Waals surface area contributed by atoms with Gasteiger partial charge < -0.3 is 14.9 Å². The summed E-state index contributed by atoms with van der Waals surface area (Å²) in [5, 5.41) is 21.0. The van der Waals surface area contributed by atoms with Crippen molar-refractivity contribution in [3.8, 4) is 0 Å². The van der Waals surface area contributed by atoms with Crippen LogP contribution in [0.2, 0.25) is 0 Å². The van der Waals surface area contributed by atoms with Crippen LogP contribution in [0.25, 0.3) is 0 Å². The van der Waals surface area contributed by atoms with E-state index in [9.17, 15) is 15.0 Å². The lowest BCUT2D eigenvalue weighted by molar-refractivity contribution is -0.259. The van der Waals surface area contributed by atoms with E-state index in [4.69, 9.17) is 4.74 Å². The number of rotatable bonds is 2. The van der Waals surface area contributed by atoms with Gasteiger partial charge in [0.15, 0.2) is 0 Å². The van der Waals surface area contributed by atoms with Crippen molar-refractivity contribution in [1.29, 1.82) is 0 Å². The summed E-state index contributed by atoms with van der Waals surface area (Å²) < 4.78 is 5.58. The molecule has 0 aromatic heterocycles. The van der Waals surface area contributed by atoms with Crippen molar-refractivity contribution >= 4 is 5.97 Å². The molecule has 0 radical (unpaired) electrons. The van der Waals surface area contributed by atoms with E-state index < -0.39 is 22.8 Å². The number of ether oxygens (including phenoxy) is 1. The Morgan fingerprint density at radius 2 is 1.72 bits per heavy atom. The van der Waals surface area contributed by atoms with Gasteiger partial charge in [-0.3, -0.25) is 0 Å². The van der Waals surface area contributed by atoms with Crippen LogP contribution in [0.5, 0.6) is 0 Å². The average Bonchev–Trinajstić information content (AvgIpc) is 2.09. The van der Waals surface area contributed by atoms with Gasteiger partial charge in [-0.25, -0.2) is 4.79 Å². The van der Waals surface area contributed by atoms with E-state index in [1.165, 1.54) is 0 Å². The molecule has 0 aliphatic heterocycles. The van der Waals surface area contributed by atoms with Crippen molar-refractivity contribution in [2.24, 2.45) is 5.92 Å². The van der Waals surface area contributed by atoms with Crippen molar-refractivity contribution in [3.05, 3.63) is 12.2 Å². The molecule has 4 saturated carbocycles. The Morgan fingerprint density at radius 3 is 2.17 bits per heavy atom. The number of hydrogen-bond donors (Lipinski definition) is 2. The third-order valence-corrected chi connectivity index (χ3v) is 4.62. The Kier molecular flexibility index (Phi) is 2.28. The summed E-state index contributed by atoms with van der Waals surface area (Å²) in [6.07, 6.45) is 3.54. The minimum absolute atomic E-state index is 0.258. The number of hydrogen-bond acceptors (Lipinski definition) is 4. The maximum absolute atomic E-state index is 11.8. The van der Waals surface area contributed by atoms with Gasteiger partial charge in [-0.2, -0.15) is 0 Å². The molecule has 4 rings (SSSR count). The zero-order chi connectivity index (χ0) is 13.2. The third-order valence-electron chi connectivity index (χ3n) is 4.62. The number of carbonyl (C=O) groups excluding carboxylic acids is 1. The van der Waals surface area contributed by atoms with Gasteiger partial charge in [0, 0.05) is 24.8 Å². The Morgan fingerprint density at radius 1 is 1.17 bits per heavy atom. The first kappa shape index (κ1) is 12.2. The zero-order valence-electron chi connectivity index (χ0n) is 10.7. The third kappa shape index (κ3) is 1.79. The second kappa shape index (κ2) is 3.36. The van der Waals surface area contributed by atoms with E-state index in [1.54, 1.807) is 6.92 Å². The van der Waals surface area contributed by atoms with Gasteiger partial charge in [0.2, 0.25) is 0 Å². The molecule has 0 heterocycles. The second-order valence-electron chi connectivity index (χ2n) is 6.81. The predicted molar refractivity (Wildman–Crippen MR) is 64.7 cm³/mol. The Bertz CT molecular complexity index is 410. The molecular weight excluding hydrogens is 232 g/mol. The highest BCUT2D eigenvalue weighted by molar-refractivity contribution is 5.87. The van der Waals surface area contributed by atoms with Gasteiger partial charge in [-0.05, 0) is 32.1 Å². The zero-order valence-corrected chi connectivity index (χ0v) is 10.7. The molecule has 4 bridgehead atoms. The Balaban J connectivity index is 1.89. The minimum atomic E-state index is -0.858. The monoisotopic (exact) mass is 252 g/mol. The van der Waals surface area contributed by atoms with Gasteiger partial charge in [-0.15, -0.1) is 0 Å². The van der Waals surface area contributed by atoms with Gasteiger partial charge in [0.1, 0.15) is 5.60 Å². The molecule has 0 amide bonds. The molecule has 4 nitrogen and oxygen atoms in total. The molecule has 4 aliphatic rings.